The van der Waals surface area contributed by atoms with Crippen molar-refractivity contribution in [3.63, 3.8) is 0 Å². The Kier molecular flexibility index (Phi) is 3.94. The predicted molar refractivity (Wildman–Crippen MR) is 60.6 cm³/mol. The molecule has 0 fully saturated rings. The molecule has 0 bridgehead atoms. The third kappa shape index (κ3) is 3.68. The third-order valence-corrected chi connectivity index (χ3v) is 2.53. The summed E-state index contributed by atoms with van der Waals surface area (Å²) in [6.45, 7) is 8.04. The van der Waals surface area contributed by atoms with Crippen LogP contribution in [0.25, 0.3) is 0 Å². The molecule has 0 aliphatic heterocycles. The van der Waals surface area contributed by atoms with Gasteiger partial charge in [0, 0.05) is 30.7 Å². The van der Waals surface area contributed by atoms with E-state index in [0.717, 1.165) is 18.8 Å². The van der Waals surface area contributed by atoms with Crippen LogP contribution in [-0.4, -0.2) is 30.2 Å². The summed E-state index contributed by atoms with van der Waals surface area (Å²) < 4.78 is 5.25. The largest absolute Gasteiger partial charge is 0.469 e. The van der Waals surface area contributed by atoms with Gasteiger partial charge in [-0.3, -0.25) is 0 Å². The van der Waals surface area contributed by atoms with Crippen molar-refractivity contribution in [2.45, 2.75) is 27.3 Å². The SMILES string of the molecule is Cc1occc1CN(C)CC(C)(C)CO. The van der Waals surface area contributed by atoms with E-state index in [1.807, 2.05) is 13.0 Å². The normalized spacial score (nSPS) is 12.4. The Balaban J connectivity index is 2.50. The fourth-order valence-electron chi connectivity index (χ4n) is 1.70. The molecule has 1 aromatic heterocycles. The molecule has 3 heteroatoms. The zero-order chi connectivity index (χ0) is 11.5. The second-order valence-corrected chi connectivity index (χ2v) is 5.00. The van der Waals surface area contributed by atoms with Crippen LogP contribution >= 0.6 is 0 Å². The third-order valence-electron chi connectivity index (χ3n) is 2.53. The predicted octanol–water partition coefficient (Wildman–Crippen LogP) is 2.04. The number of hydrogen-bond donors (Lipinski definition) is 1. The Hall–Kier alpha value is -0.800. The van der Waals surface area contributed by atoms with Gasteiger partial charge in [0.05, 0.1) is 6.26 Å². The van der Waals surface area contributed by atoms with Crippen molar-refractivity contribution >= 4 is 0 Å². The molecule has 86 valence electrons. The number of aliphatic hydroxyl groups is 1. The van der Waals surface area contributed by atoms with Gasteiger partial charge in [0.15, 0.2) is 0 Å². The molecular formula is C12H21NO2. The molecule has 1 rings (SSSR count). The van der Waals surface area contributed by atoms with Crippen molar-refractivity contribution < 1.29 is 9.52 Å². The quantitative estimate of drug-likeness (QED) is 0.809. The molecule has 0 saturated heterocycles. The molecule has 0 unspecified atom stereocenters. The summed E-state index contributed by atoms with van der Waals surface area (Å²) in [6, 6.07) is 2.00. The number of aliphatic hydroxyl groups excluding tert-OH is 1. The van der Waals surface area contributed by atoms with Gasteiger partial charge in [-0.1, -0.05) is 13.8 Å². The van der Waals surface area contributed by atoms with Crippen LogP contribution in [0.3, 0.4) is 0 Å². The van der Waals surface area contributed by atoms with Gasteiger partial charge >= 0.3 is 0 Å². The summed E-state index contributed by atoms with van der Waals surface area (Å²) >= 11 is 0. The number of rotatable bonds is 5. The lowest BCUT2D eigenvalue weighted by molar-refractivity contribution is 0.112. The summed E-state index contributed by atoms with van der Waals surface area (Å²) in [4.78, 5) is 2.20. The Labute approximate surface area is 91.7 Å². The molecule has 0 aliphatic carbocycles. The first-order valence-corrected chi connectivity index (χ1v) is 5.27. The van der Waals surface area contributed by atoms with Crippen LogP contribution in [0, 0.1) is 12.3 Å². The first-order chi connectivity index (χ1) is 6.94. The van der Waals surface area contributed by atoms with Crippen molar-refractivity contribution in [3.8, 4) is 0 Å². The van der Waals surface area contributed by atoms with Crippen LogP contribution in [0.5, 0.6) is 0 Å². The lowest BCUT2D eigenvalue weighted by atomic mass is 9.94. The lowest BCUT2D eigenvalue weighted by Gasteiger charge is -2.28. The molecule has 0 radical (unpaired) electrons. The van der Waals surface area contributed by atoms with Gasteiger partial charge in [-0.05, 0) is 20.0 Å². The molecule has 0 spiro atoms. The van der Waals surface area contributed by atoms with E-state index in [2.05, 4.69) is 25.8 Å². The topological polar surface area (TPSA) is 36.6 Å². The molecule has 0 amide bonds. The van der Waals surface area contributed by atoms with E-state index in [4.69, 9.17) is 4.42 Å². The zero-order valence-corrected chi connectivity index (χ0v) is 10.1. The fourth-order valence-corrected chi connectivity index (χ4v) is 1.70. The second-order valence-electron chi connectivity index (χ2n) is 5.00. The lowest BCUT2D eigenvalue weighted by Crippen LogP contribution is -2.33. The molecule has 3 nitrogen and oxygen atoms in total. The summed E-state index contributed by atoms with van der Waals surface area (Å²) in [5.74, 6) is 0.976. The molecule has 1 aromatic rings. The Morgan fingerprint density at radius 3 is 2.60 bits per heavy atom. The van der Waals surface area contributed by atoms with Gasteiger partial charge in [0.25, 0.3) is 0 Å². The van der Waals surface area contributed by atoms with Crippen LogP contribution in [-0.2, 0) is 6.54 Å². The maximum absolute atomic E-state index is 9.18. The van der Waals surface area contributed by atoms with Crippen molar-refractivity contribution in [3.05, 3.63) is 23.7 Å². The number of aryl methyl sites for hydroxylation is 1. The van der Waals surface area contributed by atoms with Crippen LogP contribution in [0.15, 0.2) is 16.7 Å². The summed E-state index contributed by atoms with van der Waals surface area (Å²) in [7, 11) is 2.06. The van der Waals surface area contributed by atoms with Crippen LogP contribution < -0.4 is 0 Å². The molecule has 0 aliphatic rings. The van der Waals surface area contributed by atoms with Crippen LogP contribution in [0.2, 0.25) is 0 Å². The number of hydrogen-bond acceptors (Lipinski definition) is 3. The highest BCUT2D eigenvalue weighted by molar-refractivity contribution is 5.15. The van der Waals surface area contributed by atoms with Gasteiger partial charge in [-0.25, -0.2) is 0 Å². The minimum Gasteiger partial charge on any atom is -0.469 e. The van der Waals surface area contributed by atoms with E-state index in [0.29, 0.717) is 0 Å². The highest BCUT2D eigenvalue weighted by atomic mass is 16.3. The van der Waals surface area contributed by atoms with Crippen LogP contribution in [0.4, 0.5) is 0 Å². The van der Waals surface area contributed by atoms with Gasteiger partial charge < -0.3 is 14.4 Å². The van der Waals surface area contributed by atoms with Gasteiger partial charge in [0.1, 0.15) is 5.76 Å². The molecule has 15 heavy (non-hydrogen) atoms. The summed E-state index contributed by atoms with van der Waals surface area (Å²) in [6.07, 6.45) is 1.72. The summed E-state index contributed by atoms with van der Waals surface area (Å²) in [5, 5.41) is 9.18. The molecule has 0 saturated carbocycles. The second kappa shape index (κ2) is 4.81. The monoisotopic (exact) mass is 211 g/mol. The molecule has 1 N–H and O–H groups in total. The highest BCUT2D eigenvalue weighted by Gasteiger charge is 2.19. The van der Waals surface area contributed by atoms with Crippen molar-refractivity contribution in [2.24, 2.45) is 5.41 Å². The minimum atomic E-state index is -0.0492. The molecule has 1 heterocycles. The van der Waals surface area contributed by atoms with E-state index in [1.165, 1.54) is 5.56 Å². The maximum Gasteiger partial charge on any atom is 0.105 e. The van der Waals surface area contributed by atoms with Gasteiger partial charge in [-0.15, -0.1) is 0 Å². The first kappa shape index (κ1) is 12.3. The van der Waals surface area contributed by atoms with E-state index in [9.17, 15) is 5.11 Å². The average molecular weight is 211 g/mol. The standard InChI is InChI=1S/C12H21NO2/c1-10-11(5-6-15-10)7-13(4)8-12(2,3)9-14/h5-6,14H,7-9H2,1-4H3. The Bertz CT molecular complexity index is 304. The zero-order valence-electron chi connectivity index (χ0n) is 10.1. The number of nitrogens with zero attached hydrogens (tertiary/aromatic N) is 1. The van der Waals surface area contributed by atoms with E-state index in [1.54, 1.807) is 6.26 Å². The first-order valence-electron chi connectivity index (χ1n) is 5.27. The summed E-state index contributed by atoms with van der Waals surface area (Å²) in [5.41, 5.74) is 1.16. The molecular weight excluding hydrogens is 190 g/mol. The minimum absolute atomic E-state index is 0.0492. The molecule has 0 atom stereocenters. The maximum atomic E-state index is 9.18. The Morgan fingerprint density at radius 2 is 2.13 bits per heavy atom. The van der Waals surface area contributed by atoms with Crippen LogP contribution in [0.1, 0.15) is 25.2 Å². The van der Waals surface area contributed by atoms with Crippen molar-refractivity contribution in [2.75, 3.05) is 20.2 Å². The fraction of sp³-hybridized carbons (Fsp3) is 0.667. The number of furan rings is 1. The van der Waals surface area contributed by atoms with Gasteiger partial charge in [-0.2, -0.15) is 0 Å². The van der Waals surface area contributed by atoms with Crippen molar-refractivity contribution in [1.29, 1.82) is 0 Å². The van der Waals surface area contributed by atoms with E-state index in [-0.39, 0.29) is 12.0 Å². The Morgan fingerprint density at radius 1 is 1.47 bits per heavy atom. The van der Waals surface area contributed by atoms with E-state index < -0.39 is 0 Å². The van der Waals surface area contributed by atoms with E-state index >= 15 is 0 Å². The van der Waals surface area contributed by atoms with Crippen molar-refractivity contribution in [1.82, 2.24) is 4.90 Å². The highest BCUT2D eigenvalue weighted by Crippen LogP contribution is 2.17. The smallest absolute Gasteiger partial charge is 0.105 e. The average Bonchev–Trinajstić information content (AvgIpc) is 2.51. The molecule has 0 aromatic carbocycles. The van der Waals surface area contributed by atoms with Gasteiger partial charge in [0.2, 0.25) is 0 Å².